The predicted octanol–water partition coefficient (Wildman–Crippen LogP) is 5.05. The van der Waals surface area contributed by atoms with Crippen molar-refractivity contribution >= 4 is 24.4 Å². The minimum atomic E-state index is -0.669. The van der Waals surface area contributed by atoms with Gasteiger partial charge in [0, 0.05) is 30.0 Å². The summed E-state index contributed by atoms with van der Waals surface area (Å²) in [6.07, 6.45) is 8.23. The monoisotopic (exact) mass is 537 g/mol. The molecule has 1 aliphatic carbocycles. The van der Waals surface area contributed by atoms with Gasteiger partial charge in [0.2, 0.25) is 0 Å². The van der Waals surface area contributed by atoms with Crippen LogP contribution in [-0.4, -0.2) is 60.7 Å². The van der Waals surface area contributed by atoms with Gasteiger partial charge in [0.15, 0.2) is 0 Å². The lowest BCUT2D eigenvalue weighted by molar-refractivity contribution is -0.384. The number of carbonyl (C=O) groups excluding carboxylic acids is 1. The molecule has 0 bridgehead atoms. The van der Waals surface area contributed by atoms with Crippen LogP contribution in [0.1, 0.15) is 53.4 Å². The molecule has 1 aromatic carbocycles. The molecule has 2 aliphatic rings. The highest BCUT2D eigenvalue weighted by Crippen LogP contribution is 2.19. The van der Waals surface area contributed by atoms with Crippen LogP contribution in [0.3, 0.4) is 0 Å². The van der Waals surface area contributed by atoms with Crippen molar-refractivity contribution in [2.45, 2.75) is 76.5 Å². The number of aliphatic hydroxyl groups excluding tert-OH is 1. The summed E-state index contributed by atoms with van der Waals surface area (Å²) in [5, 5.41) is 26.8. The number of benzene rings is 1. The number of nitrogens with zero attached hydrogens (tertiary/aromatic N) is 1. The minimum absolute atomic E-state index is 0.0952. The molecule has 1 amide bonds. The number of nitro groups is 1. The Balaban J connectivity index is 0.000000475. The SMILES string of the molecule is CC.CC(C)CNCC(O)[C@H](CC1=CC=CCC1)NC(=O)OC1CCOC1.O=[N+]([O-])c1ccc(S)cc1. The van der Waals surface area contributed by atoms with Crippen molar-refractivity contribution in [2.75, 3.05) is 26.3 Å². The molecule has 1 aromatic rings. The van der Waals surface area contributed by atoms with Crippen molar-refractivity contribution in [1.82, 2.24) is 10.6 Å². The summed E-state index contributed by atoms with van der Waals surface area (Å²) in [5.74, 6) is 0.511. The number of allylic oxidation sites excluding steroid dienone is 3. The summed E-state index contributed by atoms with van der Waals surface area (Å²) in [7, 11) is 0. The first-order chi connectivity index (χ1) is 17.7. The number of hydrogen-bond donors (Lipinski definition) is 4. The summed E-state index contributed by atoms with van der Waals surface area (Å²) in [5.41, 5.74) is 1.33. The number of rotatable bonds is 10. The molecule has 0 spiro atoms. The van der Waals surface area contributed by atoms with Crippen LogP contribution in [0.5, 0.6) is 0 Å². The molecule has 1 saturated heterocycles. The molecule has 2 unspecified atom stereocenters. The number of aliphatic hydroxyl groups is 1. The second-order valence-electron chi connectivity index (χ2n) is 9.03. The smallest absolute Gasteiger partial charge is 0.407 e. The lowest BCUT2D eigenvalue weighted by atomic mass is 9.95. The first-order valence-corrected chi connectivity index (χ1v) is 13.4. The maximum atomic E-state index is 12.2. The highest BCUT2D eigenvalue weighted by Gasteiger charge is 2.26. The zero-order valence-corrected chi connectivity index (χ0v) is 23.3. The fourth-order valence-corrected chi connectivity index (χ4v) is 3.72. The van der Waals surface area contributed by atoms with Gasteiger partial charge in [-0.15, -0.1) is 12.6 Å². The molecule has 10 heteroatoms. The molecule has 9 nitrogen and oxygen atoms in total. The lowest BCUT2D eigenvalue weighted by Gasteiger charge is -2.26. The summed E-state index contributed by atoms with van der Waals surface area (Å²) < 4.78 is 10.6. The van der Waals surface area contributed by atoms with E-state index in [2.05, 4.69) is 49.3 Å². The Morgan fingerprint density at radius 3 is 2.51 bits per heavy atom. The minimum Gasteiger partial charge on any atom is -0.444 e. The molecule has 208 valence electrons. The molecule has 0 radical (unpaired) electrons. The standard InChI is InChI=1S/C19H32N2O4.C6H5NO2S.C2H6/c1-14(2)11-20-12-18(22)17(10-15-6-4-3-5-7-15)21-19(23)25-16-8-9-24-13-16;8-7(9)5-1-3-6(10)4-2-5;1-2/h3-4,6,14,16-18,20,22H,5,7-13H2,1-2H3,(H,21,23);1-4,10H;1-2H3/t16?,17-,18?;;/m0../s1. The Morgan fingerprint density at radius 2 is 1.97 bits per heavy atom. The Morgan fingerprint density at radius 1 is 1.27 bits per heavy atom. The van der Waals surface area contributed by atoms with Crippen LogP contribution in [0, 0.1) is 16.0 Å². The predicted molar refractivity (Wildman–Crippen MR) is 149 cm³/mol. The van der Waals surface area contributed by atoms with Crippen molar-refractivity contribution < 1.29 is 24.3 Å². The molecule has 0 aromatic heterocycles. The van der Waals surface area contributed by atoms with E-state index in [1.807, 2.05) is 19.9 Å². The number of non-ortho nitro benzene ring substituents is 1. The van der Waals surface area contributed by atoms with Crippen LogP contribution in [-0.2, 0) is 9.47 Å². The third kappa shape index (κ3) is 14.2. The van der Waals surface area contributed by atoms with E-state index in [4.69, 9.17) is 9.47 Å². The number of alkyl carbamates (subject to hydrolysis) is 1. The molecule has 37 heavy (non-hydrogen) atoms. The van der Waals surface area contributed by atoms with Crippen molar-refractivity contribution in [3.8, 4) is 0 Å². The van der Waals surface area contributed by atoms with E-state index in [-0.39, 0.29) is 17.8 Å². The van der Waals surface area contributed by atoms with Crippen molar-refractivity contribution in [3.05, 3.63) is 58.2 Å². The number of nitrogens with one attached hydrogen (secondary N) is 2. The van der Waals surface area contributed by atoms with Crippen molar-refractivity contribution in [3.63, 3.8) is 0 Å². The number of thiol groups is 1. The summed E-state index contributed by atoms with van der Waals surface area (Å²) >= 11 is 3.98. The molecular weight excluding hydrogens is 494 g/mol. The van der Waals surface area contributed by atoms with Gasteiger partial charge in [-0.05, 0) is 43.9 Å². The number of amides is 1. The Kier molecular flexibility index (Phi) is 16.6. The van der Waals surface area contributed by atoms with Crippen LogP contribution in [0.2, 0.25) is 0 Å². The number of carbonyl (C=O) groups is 1. The first kappa shape index (κ1) is 32.6. The van der Waals surface area contributed by atoms with E-state index < -0.39 is 17.1 Å². The normalized spacial score (nSPS) is 17.9. The van der Waals surface area contributed by atoms with E-state index >= 15 is 0 Å². The highest BCUT2D eigenvalue weighted by molar-refractivity contribution is 7.80. The summed E-state index contributed by atoms with van der Waals surface area (Å²) in [4.78, 5) is 22.6. The maximum Gasteiger partial charge on any atom is 0.407 e. The van der Waals surface area contributed by atoms with Crippen molar-refractivity contribution in [1.29, 1.82) is 0 Å². The maximum absolute atomic E-state index is 12.2. The molecule has 3 N–H and O–H groups in total. The number of hydrogen-bond acceptors (Lipinski definition) is 8. The molecule has 1 heterocycles. The Hall–Kier alpha value is -2.40. The van der Waals surface area contributed by atoms with Crippen LogP contribution in [0.15, 0.2) is 53.0 Å². The van der Waals surface area contributed by atoms with Gasteiger partial charge in [0.1, 0.15) is 6.10 Å². The summed E-state index contributed by atoms with van der Waals surface area (Å²) in [6.45, 7) is 10.6. The van der Waals surface area contributed by atoms with Crippen LogP contribution in [0.25, 0.3) is 0 Å². The van der Waals surface area contributed by atoms with Gasteiger partial charge in [0.05, 0.1) is 30.3 Å². The topological polar surface area (TPSA) is 123 Å². The van der Waals surface area contributed by atoms with Crippen LogP contribution in [0.4, 0.5) is 10.5 Å². The van der Waals surface area contributed by atoms with Gasteiger partial charge in [-0.1, -0.05) is 51.5 Å². The first-order valence-electron chi connectivity index (χ1n) is 13.0. The largest absolute Gasteiger partial charge is 0.444 e. The Bertz CT molecular complexity index is 854. The van der Waals surface area contributed by atoms with E-state index in [9.17, 15) is 20.0 Å². The van der Waals surface area contributed by atoms with E-state index in [0.29, 0.717) is 32.1 Å². The van der Waals surface area contributed by atoms with Crippen molar-refractivity contribution in [2.24, 2.45) is 5.92 Å². The van der Waals surface area contributed by atoms with E-state index in [1.165, 1.54) is 17.7 Å². The van der Waals surface area contributed by atoms with E-state index in [0.717, 1.165) is 30.7 Å². The van der Waals surface area contributed by atoms with Crippen LogP contribution < -0.4 is 10.6 Å². The zero-order valence-electron chi connectivity index (χ0n) is 22.4. The second kappa shape index (κ2) is 18.8. The second-order valence-corrected chi connectivity index (χ2v) is 9.55. The Labute approximate surface area is 226 Å². The highest BCUT2D eigenvalue weighted by atomic mass is 32.1. The molecule has 0 saturated carbocycles. The third-order valence-corrected chi connectivity index (χ3v) is 5.78. The van der Waals surface area contributed by atoms with Gasteiger partial charge in [-0.2, -0.15) is 0 Å². The fourth-order valence-electron chi connectivity index (χ4n) is 3.57. The fraction of sp³-hybridized carbons (Fsp3) is 0.593. The quantitative estimate of drug-likeness (QED) is 0.187. The average Bonchev–Trinajstić information content (AvgIpc) is 3.39. The van der Waals surface area contributed by atoms with Gasteiger partial charge < -0.3 is 25.2 Å². The van der Waals surface area contributed by atoms with Gasteiger partial charge in [0.25, 0.3) is 5.69 Å². The van der Waals surface area contributed by atoms with E-state index in [1.54, 1.807) is 12.1 Å². The van der Waals surface area contributed by atoms with Gasteiger partial charge in [-0.3, -0.25) is 10.1 Å². The average molecular weight is 538 g/mol. The van der Waals surface area contributed by atoms with Gasteiger partial charge >= 0.3 is 6.09 Å². The third-order valence-electron chi connectivity index (χ3n) is 5.48. The lowest BCUT2D eigenvalue weighted by Crippen LogP contribution is -2.48. The van der Waals surface area contributed by atoms with Crippen LogP contribution >= 0.6 is 12.6 Å². The zero-order chi connectivity index (χ0) is 27.6. The molecule has 1 fully saturated rings. The molecule has 3 atom stereocenters. The number of nitro benzene ring substituents is 1. The molecule has 3 rings (SSSR count). The number of ether oxygens (including phenoxy) is 2. The summed E-state index contributed by atoms with van der Waals surface area (Å²) in [6, 6.07) is 5.64. The van der Waals surface area contributed by atoms with Gasteiger partial charge in [-0.25, -0.2) is 4.79 Å². The molecular formula is C27H43N3O6S. The molecule has 1 aliphatic heterocycles.